The van der Waals surface area contributed by atoms with Gasteiger partial charge in [0.2, 0.25) is 15.9 Å². The predicted molar refractivity (Wildman–Crippen MR) is 54.1 cm³/mol. The predicted octanol–water partition coefficient (Wildman–Crippen LogP) is -1.61. The van der Waals surface area contributed by atoms with Crippen molar-refractivity contribution in [1.82, 2.24) is 10.0 Å². The molecule has 1 amide bonds. The lowest BCUT2D eigenvalue weighted by Crippen LogP contribution is -2.33. The number of nitrogens with one attached hydrogen (secondary N) is 2. The molecule has 0 aromatic rings. The van der Waals surface area contributed by atoms with Crippen LogP contribution in [0.2, 0.25) is 0 Å². The van der Waals surface area contributed by atoms with Crippen molar-refractivity contribution in [3.8, 4) is 0 Å². The molecule has 6 nitrogen and oxygen atoms in total. The van der Waals surface area contributed by atoms with E-state index in [1.54, 1.807) is 0 Å². The van der Waals surface area contributed by atoms with Gasteiger partial charge in [-0.15, -0.1) is 0 Å². The van der Waals surface area contributed by atoms with Gasteiger partial charge in [-0.2, -0.15) is 0 Å². The van der Waals surface area contributed by atoms with Crippen LogP contribution in [-0.4, -0.2) is 40.2 Å². The van der Waals surface area contributed by atoms with Gasteiger partial charge in [0.05, 0.1) is 5.75 Å². The summed E-state index contributed by atoms with van der Waals surface area (Å²) in [4.78, 5) is 11.0. The maximum Gasteiger partial charge on any atom is 0.220 e. The Kier molecular flexibility index (Phi) is 6.43. The summed E-state index contributed by atoms with van der Waals surface area (Å²) in [6.07, 6.45) is 0.959. The summed E-state index contributed by atoms with van der Waals surface area (Å²) in [5.41, 5.74) is 5.21. The normalized spacial score (nSPS) is 11.3. The molecule has 0 saturated carbocycles. The summed E-state index contributed by atoms with van der Waals surface area (Å²) in [5.74, 6) is -0.264. The Labute approximate surface area is 84.3 Å². The molecule has 0 bridgehead atoms. The summed E-state index contributed by atoms with van der Waals surface area (Å²) in [7, 11) is -1.89. The van der Waals surface area contributed by atoms with Crippen molar-refractivity contribution >= 4 is 15.9 Å². The van der Waals surface area contributed by atoms with E-state index in [0.717, 1.165) is 0 Å². The lowest BCUT2D eigenvalue weighted by Gasteiger charge is -2.04. The van der Waals surface area contributed by atoms with Crippen LogP contribution < -0.4 is 15.8 Å². The molecule has 0 unspecified atom stereocenters. The average molecular weight is 223 g/mol. The van der Waals surface area contributed by atoms with Gasteiger partial charge >= 0.3 is 0 Å². The Bertz CT molecular complexity index is 263. The van der Waals surface area contributed by atoms with Crippen LogP contribution in [0.1, 0.15) is 12.8 Å². The van der Waals surface area contributed by atoms with E-state index in [1.807, 2.05) is 0 Å². The molecule has 0 radical (unpaired) electrons. The van der Waals surface area contributed by atoms with Crippen LogP contribution in [0.3, 0.4) is 0 Å². The van der Waals surface area contributed by atoms with E-state index < -0.39 is 10.0 Å². The minimum atomic E-state index is -3.23. The van der Waals surface area contributed by atoms with Gasteiger partial charge in [0.15, 0.2) is 0 Å². The van der Waals surface area contributed by atoms with Crippen LogP contribution in [0.15, 0.2) is 0 Å². The molecule has 0 aliphatic heterocycles. The summed E-state index contributed by atoms with van der Waals surface area (Å²) in [6.45, 7) is 0.592. The van der Waals surface area contributed by atoms with Crippen molar-refractivity contribution in [3.05, 3.63) is 0 Å². The second-order valence-electron chi connectivity index (χ2n) is 2.77. The van der Waals surface area contributed by atoms with Crippen molar-refractivity contribution in [3.63, 3.8) is 0 Å². The standard InChI is InChI=1S/C7H17N3O3S/c1-9-14(12,13)6-5-10-7(11)3-2-4-8/h9H,2-6,8H2,1H3,(H,10,11). The van der Waals surface area contributed by atoms with Crippen LogP contribution in [-0.2, 0) is 14.8 Å². The van der Waals surface area contributed by atoms with Gasteiger partial charge < -0.3 is 11.1 Å². The van der Waals surface area contributed by atoms with Crippen molar-refractivity contribution in [1.29, 1.82) is 0 Å². The number of sulfonamides is 1. The van der Waals surface area contributed by atoms with E-state index in [4.69, 9.17) is 5.73 Å². The molecule has 0 aromatic heterocycles. The molecule has 0 fully saturated rings. The zero-order chi connectivity index (χ0) is 11.0. The molecular formula is C7H17N3O3S. The molecule has 0 rings (SSSR count). The smallest absolute Gasteiger partial charge is 0.220 e. The van der Waals surface area contributed by atoms with Crippen molar-refractivity contribution in [2.45, 2.75) is 12.8 Å². The number of amides is 1. The maximum absolute atomic E-state index is 11.0. The molecule has 7 heteroatoms. The molecular weight excluding hydrogens is 206 g/mol. The lowest BCUT2D eigenvalue weighted by atomic mass is 10.3. The Morgan fingerprint density at radius 1 is 1.43 bits per heavy atom. The first-order valence-electron chi connectivity index (χ1n) is 4.40. The van der Waals surface area contributed by atoms with Crippen LogP contribution >= 0.6 is 0 Å². The zero-order valence-electron chi connectivity index (χ0n) is 8.25. The number of hydrogen-bond acceptors (Lipinski definition) is 4. The first kappa shape index (κ1) is 13.3. The highest BCUT2D eigenvalue weighted by Gasteiger charge is 2.07. The maximum atomic E-state index is 11.0. The minimum Gasteiger partial charge on any atom is -0.355 e. The summed E-state index contributed by atoms with van der Waals surface area (Å²) in [5, 5.41) is 2.49. The molecule has 0 aromatic carbocycles. The monoisotopic (exact) mass is 223 g/mol. The second kappa shape index (κ2) is 6.74. The molecule has 0 heterocycles. The average Bonchev–Trinajstić information content (AvgIpc) is 2.14. The fraction of sp³-hybridized carbons (Fsp3) is 0.857. The van der Waals surface area contributed by atoms with E-state index in [1.165, 1.54) is 7.05 Å². The van der Waals surface area contributed by atoms with Gasteiger partial charge in [-0.25, -0.2) is 13.1 Å². The number of hydrogen-bond donors (Lipinski definition) is 3. The highest BCUT2D eigenvalue weighted by atomic mass is 32.2. The van der Waals surface area contributed by atoms with E-state index in [-0.39, 0.29) is 18.2 Å². The third kappa shape index (κ3) is 6.81. The van der Waals surface area contributed by atoms with E-state index in [2.05, 4.69) is 10.0 Å². The molecule has 0 atom stereocenters. The topological polar surface area (TPSA) is 101 Å². The summed E-state index contributed by atoms with van der Waals surface area (Å²) < 4.78 is 24.0. The molecule has 0 saturated heterocycles. The quantitative estimate of drug-likeness (QED) is 0.483. The Hall–Kier alpha value is -0.660. The molecule has 4 N–H and O–H groups in total. The number of nitrogens with two attached hydrogens (primary N) is 1. The van der Waals surface area contributed by atoms with Crippen LogP contribution in [0, 0.1) is 0 Å². The van der Waals surface area contributed by atoms with E-state index >= 15 is 0 Å². The Morgan fingerprint density at radius 3 is 2.57 bits per heavy atom. The fourth-order valence-corrected chi connectivity index (χ4v) is 1.35. The number of rotatable bonds is 7. The van der Waals surface area contributed by atoms with Gasteiger partial charge in [0.25, 0.3) is 0 Å². The minimum absolute atomic E-state index is 0.0993. The summed E-state index contributed by atoms with van der Waals surface area (Å²) >= 11 is 0. The molecule has 0 aliphatic rings. The lowest BCUT2D eigenvalue weighted by molar-refractivity contribution is -0.121. The Morgan fingerprint density at radius 2 is 2.07 bits per heavy atom. The van der Waals surface area contributed by atoms with Gasteiger partial charge in [-0.05, 0) is 20.0 Å². The number of carbonyl (C=O) groups is 1. The molecule has 0 spiro atoms. The molecule has 14 heavy (non-hydrogen) atoms. The third-order valence-electron chi connectivity index (χ3n) is 1.61. The van der Waals surface area contributed by atoms with Crippen LogP contribution in [0.5, 0.6) is 0 Å². The van der Waals surface area contributed by atoms with Crippen molar-refractivity contribution in [2.75, 3.05) is 25.9 Å². The van der Waals surface area contributed by atoms with Crippen molar-refractivity contribution < 1.29 is 13.2 Å². The van der Waals surface area contributed by atoms with Gasteiger partial charge in [-0.1, -0.05) is 0 Å². The summed E-state index contributed by atoms with van der Waals surface area (Å²) in [6, 6.07) is 0. The van der Waals surface area contributed by atoms with E-state index in [9.17, 15) is 13.2 Å². The largest absolute Gasteiger partial charge is 0.355 e. The molecule has 84 valence electrons. The Balaban J connectivity index is 3.59. The van der Waals surface area contributed by atoms with Gasteiger partial charge in [0, 0.05) is 13.0 Å². The molecule has 0 aliphatic carbocycles. The second-order valence-corrected chi connectivity index (χ2v) is 4.81. The van der Waals surface area contributed by atoms with Crippen LogP contribution in [0.25, 0.3) is 0 Å². The highest BCUT2D eigenvalue weighted by Crippen LogP contribution is 1.86. The van der Waals surface area contributed by atoms with E-state index in [0.29, 0.717) is 19.4 Å². The fourth-order valence-electron chi connectivity index (χ4n) is 0.778. The zero-order valence-corrected chi connectivity index (χ0v) is 9.06. The first-order valence-corrected chi connectivity index (χ1v) is 6.05. The van der Waals surface area contributed by atoms with Gasteiger partial charge in [-0.3, -0.25) is 4.79 Å². The van der Waals surface area contributed by atoms with Crippen LogP contribution in [0.4, 0.5) is 0 Å². The van der Waals surface area contributed by atoms with Gasteiger partial charge in [0.1, 0.15) is 0 Å². The number of carbonyl (C=O) groups excluding carboxylic acids is 1. The highest BCUT2D eigenvalue weighted by molar-refractivity contribution is 7.89. The first-order chi connectivity index (χ1) is 6.52. The van der Waals surface area contributed by atoms with Crippen molar-refractivity contribution in [2.24, 2.45) is 5.73 Å². The SMILES string of the molecule is CNS(=O)(=O)CCNC(=O)CCCN. The third-order valence-corrected chi connectivity index (χ3v) is 2.98.